The van der Waals surface area contributed by atoms with Gasteiger partial charge in [-0.3, -0.25) is 9.59 Å². The number of unbranched alkanes of at least 4 members (excludes halogenated alkanes) is 19. The Morgan fingerprint density at radius 3 is 1.07 bits per heavy atom. The number of nitrogens with zero attached hydrogens (tertiary/aromatic N) is 4. The van der Waals surface area contributed by atoms with Crippen molar-refractivity contribution in [1.82, 2.24) is 31.0 Å². The van der Waals surface area contributed by atoms with Crippen molar-refractivity contribution in [2.45, 2.75) is 218 Å². The van der Waals surface area contributed by atoms with Gasteiger partial charge < -0.3 is 41.1 Å². The zero-order chi connectivity index (χ0) is 40.3. The predicted molar refractivity (Wildman–Crippen MR) is 221 cm³/mol. The van der Waals surface area contributed by atoms with E-state index in [2.05, 4.69) is 31.0 Å². The molecule has 0 spiro atoms. The summed E-state index contributed by atoms with van der Waals surface area (Å²) in [5.74, 6) is 1.48. The van der Waals surface area contributed by atoms with Crippen LogP contribution in [-0.4, -0.2) is 67.7 Å². The van der Waals surface area contributed by atoms with Crippen molar-refractivity contribution in [2.75, 3.05) is 24.7 Å². The van der Waals surface area contributed by atoms with Crippen LogP contribution in [0, 0.1) is 0 Å². The number of anilines is 2. The number of aliphatic hydroxyl groups is 2. The Morgan fingerprint density at radius 2 is 0.750 bits per heavy atom. The van der Waals surface area contributed by atoms with Crippen molar-refractivity contribution >= 4 is 23.8 Å². The van der Waals surface area contributed by atoms with Crippen LogP contribution in [-0.2, 0) is 22.4 Å². The van der Waals surface area contributed by atoms with Gasteiger partial charge in [0, 0.05) is 51.0 Å². The highest BCUT2D eigenvalue weighted by atomic mass is 16.4. The number of aliphatic hydroxyl groups excluding tert-OH is 2. The number of nitrogens with two attached hydrogens (primary N) is 2. The van der Waals surface area contributed by atoms with E-state index in [0.717, 1.165) is 193 Å². The molecule has 2 unspecified atom stereocenters. The van der Waals surface area contributed by atoms with Crippen LogP contribution in [0.5, 0.6) is 0 Å². The van der Waals surface area contributed by atoms with Crippen LogP contribution in [0.2, 0.25) is 0 Å². The summed E-state index contributed by atoms with van der Waals surface area (Å²) in [6, 6.07) is 0.661. The summed E-state index contributed by atoms with van der Waals surface area (Å²) in [4.78, 5) is 25.8. The van der Waals surface area contributed by atoms with Gasteiger partial charge in [0.1, 0.15) is 0 Å². The first-order valence-electron chi connectivity index (χ1n) is 22.4. The maximum atomic E-state index is 12.9. The van der Waals surface area contributed by atoms with Crippen LogP contribution in [0.25, 0.3) is 0 Å². The summed E-state index contributed by atoms with van der Waals surface area (Å²) in [5, 5.41) is 40.0. The fraction of sp³-hybridized carbons (Fsp3) is 0.857. The van der Waals surface area contributed by atoms with Crippen molar-refractivity contribution < 1.29 is 28.6 Å². The van der Waals surface area contributed by atoms with Crippen LogP contribution in [0.3, 0.4) is 0 Å². The van der Waals surface area contributed by atoms with Gasteiger partial charge >= 0.3 is 12.0 Å². The van der Waals surface area contributed by atoms with Gasteiger partial charge in [0.05, 0.1) is 0 Å². The molecule has 8 N–H and O–H groups in total. The number of carbonyl (C=O) groups is 2. The number of aryl methyl sites for hydroxylation is 2. The molecule has 0 aliphatic heterocycles. The molecule has 0 bridgehead atoms. The molecule has 14 nitrogen and oxygen atoms in total. The average molecular weight is 791 g/mol. The summed E-state index contributed by atoms with van der Waals surface area (Å²) in [6.45, 7) is 0.515. The quantitative estimate of drug-likeness (QED) is 0.0353. The lowest BCUT2D eigenvalue weighted by atomic mass is 9.99. The Hall–Kier alpha value is -3.26. The number of aromatic nitrogens is 4. The van der Waals surface area contributed by atoms with E-state index in [1.54, 1.807) is 0 Å². The Morgan fingerprint density at radius 1 is 0.446 bits per heavy atom. The third-order valence-corrected chi connectivity index (χ3v) is 10.6. The molecule has 56 heavy (non-hydrogen) atoms. The minimum atomic E-state index is 0.121. The maximum absolute atomic E-state index is 12.9. The Bertz CT molecular complexity index is 1140. The number of hydrogen-bond donors (Lipinski definition) is 6. The van der Waals surface area contributed by atoms with Crippen LogP contribution in [0.4, 0.5) is 12.0 Å². The van der Waals surface area contributed by atoms with Crippen LogP contribution >= 0.6 is 0 Å². The summed E-state index contributed by atoms with van der Waals surface area (Å²) in [6.07, 6.45) is 31.6. The smallest absolute Gasteiger partial charge is 0.312 e. The highest BCUT2D eigenvalue weighted by Gasteiger charge is 2.14. The standard InChI is InChI=1S/C42H78N8O6/c43-41-49-47-39(55-41)31-21-9-1-5-15-25-35(27-17-7-3-13-23-33-51)45-37(53)29-19-11-12-20-30-38(54)46-36(28-18-8-4-14-24-34-52)26-16-6-2-10-22-32-40-48-50-42(44)56-40/h35-36,51-52H,1-34H2,(H2,43,49)(H2,44,50)(H,45,53)(H,46,54). The monoisotopic (exact) mass is 791 g/mol. The lowest BCUT2D eigenvalue weighted by Crippen LogP contribution is -2.35. The molecule has 0 aliphatic carbocycles. The number of nitrogen functional groups attached to an aromatic ring is 2. The molecule has 2 heterocycles. The van der Waals surface area contributed by atoms with Gasteiger partial charge in [0.15, 0.2) is 0 Å². The fourth-order valence-electron chi connectivity index (χ4n) is 7.30. The predicted octanol–water partition coefficient (Wildman–Crippen LogP) is 8.06. The molecule has 2 atom stereocenters. The first kappa shape index (κ1) is 48.9. The van der Waals surface area contributed by atoms with Crippen LogP contribution in [0.1, 0.15) is 204 Å². The topological polar surface area (TPSA) is 229 Å². The second-order valence-corrected chi connectivity index (χ2v) is 15.7. The summed E-state index contributed by atoms with van der Waals surface area (Å²) in [5.41, 5.74) is 11.0. The Kier molecular flexibility index (Phi) is 29.5. The van der Waals surface area contributed by atoms with Gasteiger partial charge in [-0.15, -0.1) is 10.2 Å². The van der Waals surface area contributed by atoms with Crippen LogP contribution < -0.4 is 22.1 Å². The molecular weight excluding hydrogens is 713 g/mol. The van der Waals surface area contributed by atoms with Gasteiger partial charge in [-0.1, -0.05) is 126 Å². The van der Waals surface area contributed by atoms with Gasteiger partial charge in [-0.05, 0) is 64.2 Å². The normalized spacial score (nSPS) is 12.5. The number of amides is 2. The van der Waals surface area contributed by atoms with Gasteiger partial charge in [-0.25, -0.2) is 0 Å². The first-order chi connectivity index (χ1) is 27.4. The second-order valence-electron chi connectivity index (χ2n) is 15.7. The molecule has 2 aromatic rings. The van der Waals surface area contributed by atoms with Gasteiger partial charge in [-0.2, -0.15) is 0 Å². The second kappa shape index (κ2) is 33.8. The number of carbonyl (C=O) groups excluding carboxylic acids is 2. The minimum absolute atomic E-state index is 0.121. The van der Waals surface area contributed by atoms with E-state index in [0.29, 0.717) is 24.6 Å². The molecule has 0 saturated heterocycles. The van der Waals surface area contributed by atoms with E-state index in [-0.39, 0.29) is 49.1 Å². The molecule has 0 aliphatic rings. The lowest BCUT2D eigenvalue weighted by Gasteiger charge is -2.19. The van der Waals surface area contributed by atoms with Crippen molar-refractivity contribution in [3.05, 3.63) is 11.8 Å². The van der Waals surface area contributed by atoms with E-state index >= 15 is 0 Å². The molecule has 2 aromatic heterocycles. The molecule has 0 saturated carbocycles. The summed E-state index contributed by atoms with van der Waals surface area (Å²) in [7, 11) is 0. The summed E-state index contributed by atoms with van der Waals surface area (Å²) >= 11 is 0. The van der Waals surface area contributed by atoms with Gasteiger partial charge in [0.25, 0.3) is 0 Å². The molecule has 2 rings (SSSR count). The number of rotatable bonds is 39. The zero-order valence-corrected chi connectivity index (χ0v) is 34.7. The third-order valence-electron chi connectivity index (χ3n) is 10.6. The van der Waals surface area contributed by atoms with Crippen molar-refractivity contribution in [1.29, 1.82) is 0 Å². The van der Waals surface area contributed by atoms with Crippen molar-refractivity contribution in [3.8, 4) is 0 Å². The highest BCUT2D eigenvalue weighted by molar-refractivity contribution is 5.76. The minimum Gasteiger partial charge on any atom is -0.408 e. The largest absolute Gasteiger partial charge is 0.408 e. The molecule has 0 aromatic carbocycles. The molecular formula is C42H78N8O6. The van der Waals surface area contributed by atoms with Crippen molar-refractivity contribution in [2.24, 2.45) is 0 Å². The van der Waals surface area contributed by atoms with Crippen molar-refractivity contribution in [3.63, 3.8) is 0 Å². The summed E-state index contributed by atoms with van der Waals surface area (Å²) < 4.78 is 10.5. The SMILES string of the molecule is Nc1nnc(CCCCCCCC(CCCCCCCO)NC(=O)CCCCCCC(=O)NC(CCCCCCCO)CCCCCCCc2nnc(N)o2)o1. The first-order valence-corrected chi connectivity index (χ1v) is 22.4. The molecule has 14 heteroatoms. The van der Waals surface area contributed by atoms with Crippen LogP contribution in [0.15, 0.2) is 8.83 Å². The third kappa shape index (κ3) is 27.4. The Labute approximate surface area is 336 Å². The van der Waals surface area contributed by atoms with E-state index < -0.39 is 0 Å². The van der Waals surface area contributed by atoms with E-state index in [4.69, 9.17) is 30.5 Å². The van der Waals surface area contributed by atoms with E-state index in [1.807, 2.05) is 0 Å². The Balaban J connectivity index is 1.61. The molecule has 0 fully saturated rings. The van der Waals surface area contributed by atoms with E-state index in [9.17, 15) is 9.59 Å². The average Bonchev–Trinajstić information content (AvgIpc) is 3.81. The highest BCUT2D eigenvalue weighted by Crippen LogP contribution is 2.18. The number of nitrogens with one attached hydrogen (secondary N) is 2. The zero-order valence-electron chi connectivity index (χ0n) is 34.7. The fourth-order valence-corrected chi connectivity index (χ4v) is 7.30. The molecule has 322 valence electrons. The maximum Gasteiger partial charge on any atom is 0.312 e. The number of hydrogen-bond acceptors (Lipinski definition) is 12. The van der Waals surface area contributed by atoms with E-state index in [1.165, 1.54) is 0 Å². The lowest BCUT2D eigenvalue weighted by molar-refractivity contribution is -0.123. The van der Waals surface area contributed by atoms with Gasteiger partial charge in [0.2, 0.25) is 23.6 Å². The molecule has 2 amide bonds. The molecule has 0 radical (unpaired) electrons.